The first-order valence-electron chi connectivity index (χ1n) is 9.44. The first-order chi connectivity index (χ1) is 11.5. The van der Waals surface area contributed by atoms with Gasteiger partial charge in [0.05, 0.1) is 24.4 Å². The Kier molecular flexibility index (Phi) is 10.6. The van der Waals surface area contributed by atoms with Crippen LogP contribution in [0.2, 0.25) is 0 Å². The fourth-order valence-electron chi connectivity index (χ4n) is 2.29. The Bertz CT molecular complexity index is 384. The number of nitrogens with two attached hydrogens (primary N) is 1. The monoisotopic (exact) mass is 360 g/mol. The molecule has 1 amide bonds. The van der Waals surface area contributed by atoms with Crippen molar-refractivity contribution < 1.29 is 19.0 Å². The lowest BCUT2D eigenvalue weighted by molar-refractivity contribution is -0.0887. The summed E-state index contributed by atoms with van der Waals surface area (Å²) in [5, 5.41) is 2.71. The Morgan fingerprint density at radius 1 is 0.920 bits per heavy atom. The number of ether oxygens (including phenoxy) is 3. The zero-order chi connectivity index (χ0) is 19.6. The van der Waals surface area contributed by atoms with E-state index in [4.69, 9.17) is 19.9 Å². The quantitative estimate of drug-likeness (QED) is 0.519. The summed E-state index contributed by atoms with van der Waals surface area (Å²) in [6.07, 6.45) is 3.05. The zero-order valence-corrected chi connectivity index (χ0v) is 17.4. The van der Waals surface area contributed by atoms with E-state index in [2.05, 4.69) is 33.0 Å². The van der Waals surface area contributed by atoms with Crippen LogP contribution in [0.15, 0.2) is 0 Å². The molecule has 0 spiro atoms. The Labute approximate surface area is 154 Å². The van der Waals surface area contributed by atoms with E-state index in [1.165, 1.54) is 0 Å². The third-order valence-corrected chi connectivity index (χ3v) is 4.47. The molecule has 2 atom stereocenters. The predicted molar refractivity (Wildman–Crippen MR) is 102 cm³/mol. The molecule has 25 heavy (non-hydrogen) atoms. The van der Waals surface area contributed by atoms with E-state index in [0.29, 0.717) is 26.3 Å². The molecule has 0 aliphatic heterocycles. The van der Waals surface area contributed by atoms with Gasteiger partial charge in [-0.25, -0.2) is 4.79 Å². The zero-order valence-electron chi connectivity index (χ0n) is 17.4. The second kappa shape index (κ2) is 11.0. The molecule has 2 unspecified atom stereocenters. The van der Waals surface area contributed by atoms with E-state index in [-0.39, 0.29) is 11.2 Å². The summed E-state index contributed by atoms with van der Waals surface area (Å²) < 4.78 is 17.3. The van der Waals surface area contributed by atoms with E-state index in [1.807, 2.05) is 20.8 Å². The third-order valence-electron chi connectivity index (χ3n) is 4.47. The van der Waals surface area contributed by atoms with Gasteiger partial charge in [0, 0.05) is 6.54 Å². The number of carbonyl (C=O) groups excluding carboxylic acids is 1. The van der Waals surface area contributed by atoms with Gasteiger partial charge in [-0.2, -0.15) is 0 Å². The molecule has 0 fully saturated rings. The lowest BCUT2D eigenvalue weighted by Gasteiger charge is -2.33. The summed E-state index contributed by atoms with van der Waals surface area (Å²) >= 11 is 0. The molecular weight excluding hydrogens is 320 g/mol. The van der Waals surface area contributed by atoms with Gasteiger partial charge in [0.25, 0.3) is 0 Å². The molecule has 0 saturated heterocycles. The van der Waals surface area contributed by atoms with Crippen LogP contribution in [-0.2, 0) is 14.2 Å². The van der Waals surface area contributed by atoms with E-state index in [9.17, 15) is 4.79 Å². The second-order valence-corrected chi connectivity index (χ2v) is 8.02. The van der Waals surface area contributed by atoms with Gasteiger partial charge in [-0.3, -0.25) is 0 Å². The number of rotatable bonds is 12. The fourth-order valence-corrected chi connectivity index (χ4v) is 2.29. The van der Waals surface area contributed by atoms with Gasteiger partial charge in [0.15, 0.2) is 0 Å². The first kappa shape index (κ1) is 24.1. The molecule has 0 aromatic rings. The van der Waals surface area contributed by atoms with Gasteiger partial charge < -0.3 is 25.3 Å². The van der Waals surface area contributed by atoms with Crippen LogP contribution in [0, 0.1) is 0 Å². The van der Waals surface area contributed by atoms with Crippen molar-refractivity contribution in [2.45, 2.75) is 91.0 Å². The lowest BCUT2D eigenvalue weighted by atomic mass is 9.97. The molecule has 0 aromatic carbocycles. The molecule has 0 aromatic heterocycles. The minimum atomic E-state index is -0.490. The van der Waals surface area contributed by atoms with E-state index < -0.39 is 11.7 Å². The highest BCUT2D eigenvalue weighted by molar-refractivity contribution is 5.67. The summed E-state index contributed by atoms with van der Waals surface area (Å²) in [6.45, 7) is 16.0. The number of nitrogens with one attached hydrogen (secondary N) is 1. The van der Waals surface area contributed by atoms with Crippen LogP contribution in [0.1, 0.15) is 74.1 Å². The van der Waals surface area contributed by atoms with Gasteiger partial charge in [0.2, 0.25) is 0 Å². The average Bonchev–Trinajstić information content (AvgIpc) is 2.50. The molecule has 6 nitrogen and oxygen atoms in total. The summed E-state index contributed by atoms with van der Waals surface area (Å²) in [7, 11) is 0. The molecule has 3 N–H and O–H groups in total. The molecule has 6 heteroatoms. The minimum Gasteiger partial charge on any atom is -0.444 e. The number of carbonyl (C=O) groups is 1. The van der Waals surface area contributed by atoms with E-state index >= 15 is 0 Å². The van der Waals surface area contributed by atoms with Gasteiger partial charge in [-0.05, 0) is 66.8 Å². The fraction of sp³-hybridized carbons (Fsp3) is 0.947. The third kappa shape index (κ3) is 11.4. The van der Waals surface area contributed by atoms with Crippen molar-refractivity contribution in [1.82, 2.24) is 5.32 Å². The summed E-state index contributed by atoms with van der Waals surface area (Å²) in [5.41, 5.74) is 4.74. The average molecular weight is 361 g/mol. The maximum Gasteiger partial charge on any atom is 0.407 e. The highest BCUT2D eigenvalue weighted by atomic mass is 16.6. The number of hydrogen-bond acceptors (Lipinski definition) is 5. The summed E-state index contributed by atoms with van der Waals surface area (Å²) in [4.78, 5) is 11.6. The van der Waals surface area contributed by atoms with Crippen LogP contribution in [0.25, 0.3) is 0 Å². The van der Waals surface area contributed by atoms with Gasteiger partial charge in [-0.1, -0.05) is 13.8 Å². The van der Waals surface area contributed by atoms with E-state index in [1.54, 1.807) is 0 Å². The van der Waals surface area contributed by atoms with Crippen LogP contribution in [0.3, 0.4) is 0 Å². The molecular formula is C19H40N2O4. The number of hydrogen-bond donors (Lipinski definition) is 2. The number of alkyl carbamates (subject to hydrolysis) is 1. The van der Waals surface area contributed by atoms with Crippen molar-refractivity contribution in [2.75, 3.05) is 26.3 Å². The molecule has 150 valence electrons. The van der Waals surface area contributed by atoms with Crippen molar-refractivity contribution in [3.63, 3.8) is 0 Å². The molecule has 0 aliphatic rings. The Morgan fingerprint density at radius 3 is 1.92 bits per heavy atom. The molecule has 0 radical (unpaired) electrons. The summed E-state index contributed by atoms with van der Waals surface area (Å²) in [5.74, 6) is 0. The molecule has 0 rings (SSSR count). The number of amides is 1. The van der Waals surface area contributed by atoms with Crippen molar-refractivity contribution >= 4 is 6.09 Å². The van der Waals surface area contributed by atoms with Crippen LogP contribution >= 0.6 is 0 Å². The van der Waals surface area contributed by atoms with Crippen LogP contribution < -0.4 is 11.1 Å². The first-order valence-corrected chi connectivity index (χ1v) is 9.44. The van der Waals surface area contributed by atoms with Crippen LogP contribution in [0.4, 0.5) is 4.79 Å². The Hall–Kier alpha value is -0.850. The van der Waals surface area contributed by atoms with Crippen molar-refractivity contribution in [3.8, 4) is 0 Å². The highest BCUT2D eigenvalue weighted by Crippen LogP contribution is 2.24. The minimum absolute atomic E-state index is 0.165. The highest BCUT2D eigenvalue weighted by Gasteiger charge is 2.26. The smallest absolute Gasteiger partial charge is 0.407 e. The summed E-state index contributed by atoms with van der Waals surface area (Å²) in [6, 6.07) is 0. The normalized spacial score (nSPS) is 16.8. The van der Waals surface area contributed by atoms with Crippen LogP contribution in [-0.4, -0.2) is 49.2 Å². The van der Waals surface area contributed by atoms with Crippen molar-refractivity contribution in [3.05, 3.63) is 0 Å². The van der Waals surface area contributed by atoms with Gasteiger partial charge in [-0.15, -0.1) is 0 Å². The molecule has 0 saturated carbocycles. The maximum atomic E-state index is 11.6. The Balaban J connectivity index is 4.18. The largest absolute Gasteiger partial charge is 0.444 e. The van der Waals surface area contributed by atoms with E-state index in [0.717, 1.165) is 25.7 Å². The lowest BCUT2D eigenvalue weighted by Crippen LogP contribution is -2.38. The second-order valence-electron chi connectivity index (χ2n) is 8.02. The molecule has 0 aliphatic carbocycles. The molecule has 0 heterocycles. The van der Waals surface area contributed by atoms with Gasteiger partial charge in [0.1, 0.15) is 5.60 Å². The Morgan fingerprint density at radius 2 is 1.44 bits per heavy atom. The standard InChI is InChI=1S/C19H40N2O4/c1-8-18(6,10-12-20)23-14-11-19(7,9-2)24-15-13-21-16(22)25-17(3,4)5/h8-15,20H2,1-7H3,(H,21,22). The van der Waals surface area contributed by atoms with Crippen molar-refractivity contribution in [2.24, 2.45) is 5.73 Å². The van der Waals surface area contributed by atoms with Crippen molar-refractivity contribution in [1.29, 1.82) is 0 Å². The SMILES string of the molecule is CCC(C)(CCN)OCCC(C)(CC)OCCNC(=O)OC(C)(C)C. The van der Waals surface area contributed by atoms with Crippen LogP contribution in [0.5, 0.6) is 0 Å². The molecule has 0 bridgehead atoms. The maximum absolute atomic E-state index is 11.6. The van der Waals surface area contributed by atoms with Gasteiger partial charge >= 0.3 is 6.09 Å². The topological polar surface area (TPSA) is 82.8 Å². The predicted octanol–water partition coefficient (Wildman–Crippen LogP) is 3.62.